The second-order valence-corrected chi connectivity index (χ2v) is 6.67. The highest BCUT2D eigenvalue weighted by Gasteiger charge is 2.09. The van der Waals surface area contributed by atoms with Gasteiger partial charge in [-0.15, -0.1) is 0 Å². The molecule has 1 heterocycles. The van der Waals surface area contributed by atoms with Crippen molar-refractivity contribution in [1.29, 1.82) is 0 Å². The third-order valence-corrected chi connectivity index (χ3v) is 3.83. The maximum absolute atomic E-state index is 13.3. The van der Waals surface area contributed by atoms with Gasteiger partial charge in [-0.1, -0.05) is 23.7 Å². The molecule has 0 saturated carbocycles. The van der Waals surface area contributed by atoms with Gasteiger partial charge in [-0.3, -0.25) is 0 Å². The summed E-state index contributed by atoms with van der Waals surface area (Å²) in [6.45, 7) is 5.81. The Morgan fingerprint density at radius 1 is 1.04 bits per heavy atom. The molecule has 0 aliphatic heterocycles. The number of hydrogen-bond donors (Lipinski definition) is 2. The normalized spacial score (nSPS) is 10.7. The third kappa shape index (κ3) is 5.08. The van der Waals surface area contributed by atoms with Gasteiger partial charge in [-0.25, -0.2) is 9.37 Å². The first-order chi connectivity index (χ1) is 12.9. The lowest BCUT2D eigenvalue weighted by molar-refractivity contribution is 0.244. The molecule has 0 fully saturated rings. The van der Waals surface area contributed by atoms with Crippen molar-refractivity contribution in [1.82, 2.24) is 9.97 Å². The Labute approximate surface area is 162 Å². The number of rotatable bonds is 6. The average Bonchev–Trinajstić information content (AvgIpc) is 2.59. The van der Waals surface area contributed by atoms with Gasteiger partial charge in [-0.2, -0.15) is 4.98 Å². The van der Waals surface area contributed by atoms with Gasteiger partial charge < -0.3 is 15.4 Å². The zero-order chi connectivity index (χ0) is 19.4. The maximum atomic E-state index is 13.3. The number of hydrogen-bond acceptors (Lipinski definition) is 5. The summed E-state index contributed by atoms with van der Waals surface area (Å²) in [6, 6.07) is 13.8. The van der Waals surface area contributed by atoms with E-state index in [1.165, 1.54) is 12.1 Å². The Balaban J connectivity index is 1.84. The van der Waals surface area contributed by atoms with Crippen LogP contribution in [-0.2, 0) is 0 Å². The molecule has 2 aromatic carbocycles. The summed E-state index contributed by atoms with van der Waals surface area (Å²) >= 11 is 5.83. The Kier molecular flexibility index (Phi) is 5.76. The van der Waals surface area contributed by atoms with Crippen LogP contribution in [0.5, 0.6) is 5.75 Å². The molecule has 3 rings (SSSR count). The van der Waals surface area contributed by atoms with Gasteiger partial charge in [0.05, 0.1) is 16.8 Å². The highest BCUT2D eigenvalue weighted by atomic mass is 35.5. The quantitative estimate of drug-likeness (QED) is 0.556. The lowest BCUT2D eigenvalue weighted by Gasteiger charge is -2.16. The van der Waals surface area contributed by atoms with E-state index in [2.05, 4.69) is 20.6 Å². The van der Waals surface area contributed by atoms with E-state index in [4.69, 9.17) is 16.3 Å². The largest absolute Gasteiger partial charge is 0.489 e. The molecule has 1 aromatic heterocycles. The molecule has 3 aromatic rings. The first kappa shape index (κ1) is 18.9. The van der Waals surface area contributed by atoms with Gasteiger partial charge >= 0.3 is 0 Å². The summed E-state index contributed by atoms with van der Waals surface area (Å²) in [7, 11) is 0. The zero-order valence-corrected chi connectivity index (χ0v) is 16.0. The fraction of sp³-hybridized carbons (Fsp3) is 0.200. The molecular weight excluding hydrogens is 367 g/mol. The number of nitrogens with one attached hydrogen (secondary N) is 2. The minimum Gasteiger partial charge on any atom is -0.489 e. The van der Waals surface area contributed by atoms with Crippen LogP contribution in [0.25, 0.3) is 0 Å². The van der Waals surface area contributed by atoms with Crippen molar-refractivity contribution in [3.63, 3.8) is 0 Å². The number of ether oxygens (including phenoxy) is 1. The van der Waals surface area contributed by atoms with Crippen LogP contribution in [-0.4, -0.2) is 16.1 Å². The maximum Gasteiger partial charge on any atom is 0.229 e. The van der Waals surface area contributed by atoms with E-state index in [1.54, 1.807) is 6.07 Å². The summed E-state index contributed by atoms with van der Waals surface area (Å²) < 4.78 is 19.1. The monoisotopic (exact) mass is 386 g/mol. The number of para-hydroxylation sites is 2. The molecule has 0 aliphatic rings. The van der Waals surface area contributed by atoms with Gasteiger partial charge in [-0.05, 0) is 51.1 Å². The smallest absolute Gasteiger partial charge is 0.229 e. The first-order valence-corrected chi connectivity index (χ1v) is 8.89. The minimum atomic E-state index is -0.475. The molecule has 0 saturated heterocycles. The SMILES string of the molecule is Cc1cc(Nc2ccccc2OC(C)C)nc(Nc2ccc(F)c(Cl)c2)n1. The van der Waals surface area contributed by atoms with Gasteiger partial charge in [0.15, 0.2) is 0 Å². The van der Waals surface area contributed by atoms with E-state index in [0.29, 0.717) is 17.5 Å². The lowest BCUT2D eigenvalue weighted by atomic mass is 10.3. The number of aromatic nitrogens is 2. The van der Waals surface area contributed by atoms with Gasteiger partial charge in [0.25, 0.3) is 0 Å². The van der Waals surface area contributed by atoms with Crippen LogP contribution in [0, 0.1) is 12.7 Å². The molecule has 140 valence electrons. The molecular formula is C20H20ClFN4O. The molecule has 0 aliphatic carbocycles. The van der Waals surface area contributed by atoms with Crippen molar-refractivity contribution >= 4 is 34.7 Å². The van der Waals surface area contributed by atoms with Gasteiger partial charge in [0.1, 0.15) is 17.4 Å². The van der Waals surface area contributed by atoms with Crippen LogP contribution >= 0.6 is 11.6 Å². The topological polar surface area (TPSA) is 59.1 Å². The third-order valence-electron chi connectivity index (χ3n) is 3.54. The highest BCUT2D eigenvalue weighted by Crippen LogP contribution is 2.28. The molecule has 27 heavy (non-hydrogen) atoms. The van der Waals surface area contributed by atoms with Gasteiger partial charge in [0, 0.05) is 17.4 Å². The standard InChI is InChI=1S/C20H20ClFN4O/c1-12(2)27-18-7-5-4-6-17(18)25-19-10-13(3)23-20(26-19)24-14-8-9-16(22)15(21)11-14/h4-12H,1-3H3,(H2,23,24,25,26). The molecule has 0 bridgehead atoms. The van der Waals surface area contributed by atoms with E-state index in [1.807, 2.05) is 51.1 Å². The van der Waals surface area contributed by atoms with Crippen molar-refractivity contribution in [2.75, 3.05) is 10.6 Å². The molecule has 5 nitrogen and oxygen atoms in total. The molecule has 7 heteroatoms. The van der Waals surface area contributed by atoms with Crippen LogP contribution in [0.15, 0.2) is 48.5 Å². The summed E-state index contributed by atoms with van der Waals surface area (Å²) in [5, 5.41) is 6.34. The Morgan fingerprint density at radius 3 is 2.56 bits per heavy atom. The van der Waals surface area contributed by atoms with E-state index in [-0.39, 0.29) is 11.1 Å². The lowest BCUT2D eigenvalue weighted by Crippen LogP contribution is -2.08. The number of benzene rings is 2. The van der Waals surface area contributed by atoms with Crippen LogP contribution in [0.4, 0.5) is 27.5 Å². The van der Waals surface area contributed by atoms with Crippen LogP contribution in [0.1, 0.15) is 19.5 Å². The van der Waals surface area contributed by atoms with E-state index < -0.39 is 5.82 Å². The van der Waals surface area contributed by atoms with Crippen molar-refractivity contribution in [3.8, 4) is 5.75 Å². The van der Waals surface area contributed by atoms with Crippen molar-refractivity contribution in [3.05, 3.63) is 65.1 Å². The molecule has 2 N–H and O–H groups in total. The van der Waals surface area contributed by atoms with Gasteiger partial charge in [0.2, 0.25) is 5.95 Å². The van der Waals surface area contributed by atoms with Crippen molar-refractivity contribution in [2.45, 2.75) is 26.9 Å². The van der Waals surface area contributed by atoms with Crippen LogP contribution < -0.4 is 15.4 Å². The highest BCUT2D eigenvalue weighted by molar-refractivity contribution is 6.31. The van der Waals surface area contributed by atoms with Crippen molar-refractivity contribution in [2.24, 2.45) is 0 Å². The van der Waals surface area contributed by atoms with Crippen LogP contribution in [0.2, 0.25) is 5.02 Å². The zero-order valence-electron chi connectivity index (χ0n) is 15.3. The summed E-state index contributed by atoms with van der Waals surface area (Å²) in [4.78, 5) is 8.83. The van der Waals surface area contributed by atoms with Crippen LogP contribution in [0.3, 0.4) is 0 Å². The Hall–Kier alpha value is -2.86. The molecule has 0 spiro atoms. The van der Waals surface area contributed by atoms with E-state index >= 15 is 0 Å². The number of anilines is 4. The second kappa shape index (κ2) is 8.22. The average molecular weight is 387 g/mol. The van der Waals surface area contributed by atoms with E-state index in [9.17, 15) is 4.39 Å². The van der Waals surface area contributed by atoms with E-state index in [0.717, 1.165) is 17.1 Å². The predicted octanol–water partition coefficient (Wildman–Crippen LogP) is 5.85. The Morgan fingerprint density at radius 2 is 1.81 bits per heavy atom. The second-order valence-electron chi connectivity index (χ2n) is 6.26. The molecule has 0 atom stereocenters. The molecule has 0 unspecified atom stereocenters. The number of halogens is 2. The fourth-order valence-corrected chi connectivity index (χ4v) is 2.64. The predicted molar refractivity (Wildman–Crippen MR) is 107 cm³/mol. The minimum absolute atomic E-state index is 0.0331. The summed E-state index contributed by atoms with van der Waals surface area (Å²) in [6.07, 6.45) is 0.0561. The summed E-state index contributed by atoms with van der Waals surface area (Å²) in [5.74, 6) is 1.25. The fourth-order valence-electron chi connectivity index (χ4n) is 2.46. The number of nitrogens with zero attached hydrogens (tertiary/aromatic N) is 2. The molecule has 0 radical (unpaired) electrons. The van der Waals surface area contributed by atoms with Crippen molar-refractivity contribution < 1.29 is 9.13 Å². The Bertz CT molecular complexity index is 949. The molecule has 0 amide bonds. The number of aryl methyl sites for hydroxylation is 1. The summed E-state index contributed by atoms with van der Waals surface area (Å²) in [5.41, 5.74) is 2.17. The first-order valence-electron chi connectivity index (χ1n) is 8.51.